The molecule has 0 radical (unpaired) electrons. The molecule has 1 rings (SSSR count). The molecule has 15 nitrogen and oxygen atoms in total. The van der Waals surface area contributed by atoms with E-state index in [0.29, 0.717) is 38.7 Å². The van der Waals surface area contributed by atoms with E-state index in [9.17, 15) is 38.2 Å². The lowest BCUT2D eigenvalue weighted by molar-refractivity contribution is -0.161. The van der Waals surface area contributed by atoms with Crippen molar-refractivity contribution in [1.29, 1.82) is 0 Å². The third-order valence-corrected chi connectivity index (χ3v) is 11.4. The lowest BCUT2D eigenvalue weighted by atomic mass is 10.0. The SMILES string of the molecule is C=CC(=O)OCCCCCCCCCCCC(=O)O[C@H](COC(=O)CCCCCCCCCCCCCCC)COP(=O)(O)OCCNC(=O)CCCCCN1C(=O)C=CC1=O. The van der Waals surface area contributed by atoms with Crippen molar-refractivity contribution in [2.45, 2.75) is 193 Å². The second-order valence-electron chi connectivity index (χ2n) is 16.0. The molecular weight excluding hydrogens is 819 g/mol. The molecule has 0 bridgehead atoms. The van der Waals surface area contributed by atoms with Crippen LogP contribution in [0.25, 0.3) is 0 Å². The Morgan fingerprint density at radius 1 is 0.645 bits per heavy atom. The number of hydrogen-bond acceptors (Lipinski definition) is 12. The molecule has 0 aromatic heterocycles. The Hall–Kier alpha value is -3.39. The molecule has 0 spiro atoms. The molecule has 16 heteroatoms. The number of hydrogen-bond donors (Lipinski definition) is 2. The van der Waals surface area contributed by atoms with E-state index < -0.39 is 38.4 Å². The minimum atomic E-state index is -4.62. The van der Waals surface area contributed by atoms with Crippen LogP contribution in [0, 0.1) is 0 Å². The summed E-state index contributed by atoms with van der Waals surface area (Å²) in [5.74, 6) is -2.35. The van der Waals surface area contributed by atoms with E-state index in [1.54, 1.807) is 0 Å². The smallest absolute Gasteiger partial charge is 0.463 e. The van der Waals surface area contributed by atoms with Gasteiger partial charge in [-0.1, -0.05) is 142 Å². The molecule has 1 heterocycles. The first-order valence-corrected chi connectivity index (χ1v) is 25.0. The van der Waals surface area contributed by atoms with Crippen molar-refractivity contribution in [3.63, 3.8) is 0 Å². The van der Waals surface area contributed by atoms with Crippen molar-refractivity contribution in [3.8, 4) is 0 Å². The first-order valence-electron chi connectivity index (χ1n) is 23.5. The van der Waals surface area contributed by atoms with Gasteiger partial charge in [-0.05, 0) is 32.1 Å². The first kappa shape index (κ1) is 56.6. The third kappa shape index (κ3) is 33.2. The summed E-state index contributed by atoms with van der Waals surface area (Å²) in [5.41, 5.74) is 0. The summed E-state index contributed by atoms with van der Waals surface area (Å²) in [4.78, 5) is 83.2. The molecular formula is C46H79N2O13P. The summed E-state index contributed by atoms with van der Waals surface area (Å²) in [6, 6.07) is 0. The maximum atomic E-state index is 12.7. The largest absolute Gasteiger partial charge is 0.472 e. The third-order valence-electron chi connectivity index (χ3n) is 10.4. The van der Waals surface area contributed by atoms with Gasteiger partial charge in [0.15, 0.2) is 6.10 Å². The monoisotopic (exact) mass is 899 g/mol. The minimum Gasteiger partial charge on any atom is -0.463 e. The second-order valence-corrected chi connectivity index (χ2v) is 17.5. The highest BCUT2D eigenvalue weighted by molar-refractivity contribution is 7.47. The van der Waals surface area contributed by atoms with Crippen LogP contribution < -0.4 is 5.32 Å². The van der Waals surface area contributed by atoms with E-state index in [1.165, 1.54) is 69.9 Å². The average Bonchev–Trinajstić information content (AvgIpc) is 3.57. The molecule has 0 saturated carbocycles. The molecule has 1 aliphatic heterocycles. The Kier molecular flexibility index (Phi) is 34.8. The van der Waals surface area contributed by atoms with Gasteiger partial charge in [-0.15, -0.1) is 0 Å². The number of imide groups is 1. The number of carbonyl (C=O) groups is 6. The van der Waals surface area contributed by atoms with Gasteiger partial charge in [0.1, 0.15) is 6.61 Å². The first-order chi connectivity index (χ1) is 30.0. The molecule has 0 fully saturated rings. The maximum Gasteiger partial charge on any atom is 0.472 e. The summed E-state index contributed by atoms with van der Waals surface area (Å²) in [7, 11) is -4.62. The molecule has 2 atom stereocenters. The van der Waals surface area contributed by atoms with E-state index in [0.717, 1.165) is 81.6 Å². The topological polar surface area (TPSA) is 201 Å². The van der Waals surface area contributed by atoms with Crippen molar-refractivity contribution in [2.24, 2.45) is 0 Å². The normalized spacial score (nSPS) is 13.8. The fourth-order valence-corrected chi connectivity index (χ4v) is 7.54. The van der Waals surface area contributed by atoms with Gasteiger partial charge in [-0.3, -0.25) is 37.9 Å². The van der Waals surface area contributed by atoms with Crippen LogP contribution in [0.1, 0.15) is 187 Å². The Morgan fingerprint density at radius 2 is 1.13 bits per heavy atom. The van der Waals surface area contributed by atoms with Crippen LogP contribution in [0.3, 0.4) is 0 Å². The number of rotatable bonds is 43. The predicted molar refractivity (Wildman–Crippen MR) is 238 cm³/mol. The van der Waals surface area contributed by atoms with Crippen molar-refractivity contribution in [2.75, 3.05) is 39.5 Å². The zero-order valence-corrected chi connectivity index (χ0v) is 38.7. The summed E-state index contributed by atoms with van der Waals surface area (Å²) in [6.07, 6.45) is 28.6. The highest BCUT2D eigenvalue weighted by Crippen LogP contribution is 2.43. The van der Waals surface area contributed by atoms with Gasteiger partial charge in [0.2, 0.25) is 5.91 Å². The van der Waals surface area contributed by atoms with E-state index in [2.05, 4.69) is 18.8 Å². The number of amides is 3. The van der Waals surface area contributed by atoms with Crippen LogP contribution >= 0.6 is 7.82 Å². The van der Waals surface area contributed by atoms with Crippen LogP contribution in [0.15, 0.2) is 24.8 Å². The average molecular weight is 899 g/mol. The highest BCUT2D eigenvalue weighted by atomic mass is 31.2. The highest BCUT2D eigenvalue weighted by Gasteiger charge is 2.26. The molecule has 2 N–H and O–H groups in total. The summed E-state index contributed by atoms with van der Waals surface area (Å²) < 4.78 is 38.6. The van der Waals surface area contributed by atoms with Crippen LogP contribution in [-0.2, 0) is 56.6 Å². The lowest BCUT2D eigenvalue weighted by Crippen LogP contribution is -2.31. The number of nitrogens with zero attached hydrogens (tertiary/aromatic N) is 1. The molecule has 0 aromatic carbocycles. The van der Waals surface area contributed by atoms with Gasteiger partial charge in [0.25, 0.3) is 11.8 Å². The lowest BCUT2D eigenvalue weighted by Gasteiger charge is -2.20. The Labute approximate surface area is 371 Å². The van der Waals surface area contributed by atoms with E-state index in [-0.39, 0.29) is 63.3 Å². The number of ether oxygens (including phenoxy) is 3. The molecule has 1 unspecified atom stereocenters. The standard InChI is InChI=1S/C46H79N2O13P/c1-3-5-6-7-8-9-10-11-12-14-17-20-25-30-45(53)58-38-40(61-46(54)31-26-21-18-15-13-16-19-22-28-36-57-44(52)4-2)39-60-62(55,56)59-37-34-47-41(49)29-24-23-27-35-48-42(50)32-33-43(48)51/h4,32-33,40H,2-3,5-31,34-39H2,1H3,(H,47,49)(H,55,56)/t40-/m1/s1. The van der Waals surface area contributed by atoms with Crippen molar-refractivity contribution < 1.29 is 61.5 Å². The van der Waals surface area contributed by atoms with Crippen molar-refractivity contribution >= 4 is 43.5 Å². The van der Waals surface area contributed by atoms with Gasteiger partial charge in [-0.25, -0.2) is 9.36 Å². The fourth-order valence-electron chi connectivity index (χ4n) is 6.78. The van der Waals surface area contributed by atoms with E-state index in [1.807, 2.05) is 0 Å². The molecule has 0 aliphatic carbocycles. The minimum absolute atomic E-state index is 0.0561. The summed E-state index contributed by atoms with van der Waals surface area (Å²) in [5, 5.41) is 2.60. The zero-order chi connectivity index (χ0) is 45.5. The molecule has 0 aromatic rings. The quantitative estimate of drug-likeness (QED) is 0.0147. The molecule has 3 amide bonds. The Balaban J connectivity index is 2.38. The zero-order valence-electron chi connectivity index (χ0n) is 37.8. The van der Waals surface area contributed by atoms with Crippen LogP contribution in [0.5, 0.6) is 0 Å². The van der Waals surface area contributed by atoms with Crippen LogP contribution in [-0.4, -0.2) is 91.0 Å². The molecule has 1 aliphatic rings. The number of phosphoric acid groups is 1. The van der Waals surface area contributed by atoms with Crippen LogP contribution in [0.4, 0.5) is 0 Å². The number of phosphoric ester groups is 1. The van der Waals surface area contributed by atoms with E-state index in [4.69, 9.17) is 23.3 Å². The van der Waals surface area contributed by atoms with Gasteiger partial charge in [-0.2, -0.15) is 0 Å². The van der Waals surface area contributed by atoms with E-state index >= 15 is 0 Å². The number of carbonyl (C=O) groups excluding carboxylic acids is 6. The van der Waals surface area contributed by atoms with Gasteiger partial charge >= 0.3 is 25.7 Å². The van der Waals surface area contributed by atoms with Gasteiger partial charge in [0, 0.05) is 50.6 Å². The number of unbranched alkanes of at least 4 members (excludes halogenated alkanes) is 22. The second kappa shape index (κ2) is 38.1. The number of esters is 3. The van der Waals surface area contributed by atoms with Gasteiger partial charge < -0.3 is 24.4 Å². The number of nitrogens with one attached hydrogen (secondary N) is 1. The molecule has 356 valence electrons. The fraction of sp³-hybridized carbons (Fsp3) is 0.783. The Bertz CT molecular complexity index is 1340. The van der Waals surface area contributed by atoms with Crippen LogP contribution in [0.2, 0.25) is 0 Å². The van der Waals surface area contributed by atoms with Crippen molar-refractivity contribution in [1.82, 2.24) is 10.2 Å². The van der Waals surface area contributed by atoms with Gasteiger partial charge in [0.05, 0.1) is 19.8 Å². The van der Waals surface area contributed by atoms with Crippen molar-refractivity contribution in [3.05, 3.63) is 24.8 Å². The summed E-state index contributed by atoms with van der Waals surface area (Å²) in [6.45, 7) is 5.05. The summed E-state index contributed by atoms with van der Waals surface area (Å²) >= 11 is 0. The maximum absolute atomic E-state index is 12.7. The molecule has 62 heavy (non-hydrogen) atoms. The Morgan fingerprint density at radius 3 is 1.68 bits per heavy atom. The molecule has 0 saturated heterocycles. The predicted octanol–water partition coefficient (Wildman–Crippen LogP) is 9.29.